The molecule has 2 heterocycles. The van der Waals surface area contributed by atoms with Crippen molar-refractivity contribution in [3.8, 4) is 12.0 Å². The number of carbonyl (C=O) groups is 1. The van der Waals surface area contributed by atoms with E-state index < -0.39 is 29.3 Å². The molecule has 0 fully saturated rings. The zero-order valence-electron chi connectivity index (χ0n) is 13.9. The predicted molar refractivity (Wildman–Crippen MR) is 88.6 cm³/mol. The van der Waals surface area contributed by atoms with Gasteiger partial charge in [-0.1, -0.05) is 0 Å². The standard InChI is InChI=1S/C16H12F2N8O/c1-9(14-22-8-23-26(14)15-20-3-2-4-21-15)24-16(27)25-10-5-12(17)11(7-19)13(18)6-10/h2-6,8-9H,1H3,(H2,24,25,27)/t9-/m0/s1. The molecule has 3 rings (SSSR count). The molecule has 0 aliphatic carbocycles. The van der Waals surface area contributed by atoms with Crippen LogP contribution in [0.4, 0.5) is 19.3 Å². The van der Waals surface area contributed by atoms with Gasteiger partial charge in [-0.2, -0.15) is 15.0 Å². The highest BCUT2D eigenvalue weighted by Crippen LogP contribution is 2.18. The van der Waals surface area contributed by atoms with Crippen LogP contribution in [0.25, 0.3) is 5.95 Å². The van der Waals surface area contributed by atoms with E-state index in [1.165, 1.54) is 29.5 Å². The summed E-state index contributed by atoms with van der Waals surface area (Å²) in [6, 6.07) is 3.41. The van der Waals surface area contributed by atoms with E-state index in [0.29, 0.717) is 5.82 Å². The molecule has 2 N–H and O–H groups in total. The highest BCUT2D eigenvalue weighted by molar-refractivity contribution is 5.89. The maximum absolute atomic E-state index is 13.6. The highest BCUT2D eigenvalue weighted by Gasteiger charge is 2.19. The molecule has 0 bridgehead atoms. The second kappa shape index (κ2) is 7.52. The molecule has 1 atom stereocenters. The Hall–Kier alpha value is -3.94. The van der Waals surface area contributed by atoms with Crippen LogP contribution >= 0.6 is 0 Å². The van der Waals surface area contributed by atoms with Gasteiger partial charge in [-0.25, -0.2) is 28.5 Å². The van der Waals surface area contributed by atoms with E-state index in [0.717, 1.165) is 12.1 Å². The van der Waals surface area contributed by atoms with Crippen molar-refractivity contribution in [3.63, 3.8) is 0 Å². The third-order valence-corrected chi connectivity index (χ3v) is 3.46. The minimum atomic E-state index is -1.07. The summed E-state index contributed by atoms with van der Waals surface area (Å²) in [6.07, 6.45) is 4.35. The fraction of sp³-hybridized carbons (Fsp3) is 0.125. The molecule has 0 aliphatic heterocycles. The smallest absolute Gasteiger partial charge is 0.319 e. The molecule has 2 amide bonds. The molecule has 0 radical (unpaired) electrons. The van der Waals surface area contributed by atoms with Gasteiger partial charge in [-0.15, -0.1) is 0 Å². The lowest BCUT2D eigenvalue weighted by Crippen LogP contribution is -2.32. The number of benzene rings is 1. The van der Waals surface area contributed by atoms with Gasteiger partial charge in [0.05, 0.1) is 6.04 Å². The third kappa shape index (κ3) is 3.84. The summed E-state index contributed by atoms with van der Waals surface area (Å²) in [5, 5.41) is 17.6. The van der Waals surface area contributed by atoms with Gasteiger partial charge >= 0.3 is 6.03 Å². The highest BCUT2D eigenvalue weighted by atomic mass is 19.1. The summed E-state index contributed by atoms with van der Waals surface area (Å²) in [5.41, 5.74) is -0.855. The quantitative estimate of drug-likeness (QED) is 0.725. The van der Waals surface area contributed by atoms with Crippen LogP contribution in [0.2, 0.25) is 0 Å². The maximum atomic E-state index is 13.6. The van der Waals surface area contributed by atoms with Crippen molar-refractivity contribution in [2.24, 2.45) is 0 Å². The summed E-state index contributed by atoms with van der Waals surface area (Å²) in [4.78, 5) is 24.3. The second-order valence-corrected chi connectivity index (χ2v) is 5.33. The molecule has 11 heteroatoms. The molecule has 0 saturated carbocycles. The van der Waals surface area contributed by atoms with Crippen LogP contribution in [0.15, 0.2) is 36.9 Å². The summed E-state index contributed by atoms with van der Waals surface area (Å²) < 4.78 is 28.6. The van der Waals surface area contributed by atoms with Crippen molar-refractivity contribution in [2.75, 3.05) is 5.32 Å². The van der Waals surface area contributed by atoms with Crippen molar-refractivity contribution < 1.29 is 13.6 Å². The van der Waals surface area contributed by atoms with E-state index in [1.54, 1.807) is 13.0 Å². The number of hydrogen-bond donors (Lipinski definition) is 2. The minimum absolute atomic E-state index is 0.137. The van der Waals surface area contributed by atoms with Crippen LogP contribution in [0.3, 0.4) is 0 Å². The minimum Gasteiger partial charge on any atom is -0.328 e. The SMILES string of the molecule is C[C@H](NC(=O)Nc1cc(F)c(C#N)c(F)c1)c1ncnn1-c1ncccn1. The Bertz CT molecular complexity index is 992. The Balaban J connectivity index is 1.73. The number of carbonyl (C=O) groups excluding carboxylic acids is 1. The van der Waals surface area contributed by atoms with Crippen LogP contribution in [0.5, 0.6) is 0 Å². The van der Waals surface area contributed by atoms with Crippen LogP contribution < -0.4 is 10.6 Å². The zero-order chi connectivity index (χ0) is 19.4. The van der Waals surface area contributed by atoms with Crippen molar-refractivity contribution >= 4 is 11.7 Å². The molecular formula is C16H12F2N8O. The molecule has 27 heavy (non-hydrogen) atoms. The van der Waals surface area contributed by atoms with Crippen LogP contribution in [-0.2, 0) is 0 Å². The number of nitrogens with zero attached hydrogens (tertiary/aromatic N) is 6. The van der Waals surface area contributed by atoms with Crippen LogP contribution in [0.1, 0.15) is 24.4 Å². The molecule has 136 valence electrons. The first-order chi connectivity index (χ1) is 13.0. The second-order valence-electron chi connectivity index (χ2n) is 5.33. The molecule has 2 aromatic heterocycles. The topological polar surface area (TPSA) is 121 Å². The molecule has 1 aromatic carbocycles. The molecule has 3 aromatic rings. The van der Waals surface area contributed by atoms with E-state index in [4.69, 9.17) is 5.26 Å². The normalized spacial score (nSPS) is 11.5. The lowest BCUT2D eigenvalue weighted by Gasteiger charge is -2.14. The average molecular weight is 370 g/mol. The van der Waals surface area contributed by atoms with Crippen molar-refractivity contribution in [2.45, 2.75) is 13.0 Å². The van der Waals surface area contributed by atoms with E-state index in [9.17, 15) is 13.6 Å². The number of amides is 2. The summed E-state index contributed by atoms with van der Waals surface area (Å²) in [5.74, 6) is -1.51. The number of hydrogen-bond acceptors (Lipinski definition) is 6. The van der Waals surface area contributed by atoms with Crippen LogP contribution in [0, 0.1) is 23.0 Å². The Morgan fingerprint density at radius 1 is 1.22 bits per heavy atom. The van der Waals surface area contributed by atoms with Crippen molar-refractivity contribution in [1.29, 1.82) is 5.26 Å². The molecule has 0 spiro atoms. The van der Waals surface area contributed by atoms with Gasteiger partial charge in [0.15, 0.2) is 5.82 Å². The lowest BCUT2D eigenvalue weighted by atomic mass is 10.2. The van der Waals surface area contributed by atoms with Crippen LogP contribution in [-0.4, -0.2) is 30.8 Å². The fourth-order valence-corrected chi connectivity index (χ4v) is 2.28. The summed E-state index contributed by atoms with van der Waals surface area (Å²) in [6.45, 7) is 1.64. The molecular weight excluding hydrogens is 358 g/mol. The monoisotopic (exact) mass is 370 g/mol. The van der Waals surface area contributed by atoms with Gasteiger partial charge in [0.1, 0.15) is 29.6 Å². The number of urea groups is 1. The number of anilines is 1. The van der Waals surface area contributed by atoms with E-state index in [1.807, 2.05) is 0 Å². The third-order valence-electron chi connectivity index (χ3n) is 3.46. The van der Waals surface area contributed by atoms with E-state index in [-0.39, 0.29) is 11.6 Å². The summed E-state index contributed by atoms with van der Waals surface area (Å²) >= 11 is 0. The number of nitriles is 1. The predicted octanol–water partition coefficient (Wildman–Crippen LogP) is 2.09. The summed E-state index contributed by atoms with van der Waals surface area (Å²) in [7, 11) is 0. The van der Waals surface area contributed by atoms with Gasteiger partial charge < -0.3 is 10.6 Å². The Morgan fingerprint density at radius 3 is 2.52 bits per heavy atom. The van der Waals surface area contributed by atoms with Crippen molar-refractivity contribution in [1.82, 2.24) is 30.0 Å². The first-order valence-corrected chi connectivity index (χ1v) is 7.63. The largest absolute Gasteiger partial charge is 0.328 e. The van der Waals surface area contributed by atoms with E-state index >= 15 is 0 Å². The van der Waals surface area contributed by atoms with Gasteiger partial charge in [-0.05, 0) is 25.1 Å². The zero-order valence-corrected chi connectivity index (χ0v) is 13.9. The molecule has 0 unspecified atom stereocenters. The Kier molecular flexibility index (Phi) is 4.98. The van der Waals surface area contributed by atoms with Gasteiger partial charge in [0.2, 0.25) is 0 Å². The Morgan fingerprint density at radius 2 is 1.89 bits per heavy atom. The van der Waals surface area contributed by atoms with Crippen molar-refractivity contribution in [3.05, 3.63) is 59.9 Å². The first-order valence-electron chi connectivity index (χ1n) is 7.63. The number of rotatable bonds is 4. The molecule has 0 saturated heterocycles. The fourth-order valence-electron chi connectivity index (χ4n) is 2.28. The maximum Gasteiger partial charge on any atom is 0.319 e. The van der Waals surface area contributed by atoms with Gasteiger partial charge in [0, 0.05) is 18.1 Å². The molecule has 9 nitrogen and oxygen atoms in total. The Labute approximate surface area is 151 Å². The number of nitrogens with one attached hydrogen (secondary N) is 2. The number of aromatic nitrogens is 5. The van der Waals surface area contributed by atoms with Gasteiger partial charge in [0.25, 0.3) is 5.95 Å². The lowest BCUT2D eigenvalue weighted by molar-refractivity contribution is 0.248. The first kappa shape index (κ1) is 17.9. The molecule has 0 aliphatic rings. The average Bonchev–Trinajstić information content (AvgIpc) is 3.12. The van der Waals surface area contributed by atoms with Gasteiger partial charge in [-0.3, -0.25) is 0 Å². The number of halogens is 2. The van der Waals surface area contributed by atoms with E-state index in [2.05, 4.69) is 30.7 Å².